The van der Waals surface area contributed by atoms with Gasteiger partial charge in [-0.3, -0.25) is 0 Å². The Bertz CT molecular complexity index is 153. The second kappa shape index (κ2) is 5.75. The number of hydrogen-bond acceptors (Lipinski definition) is 1. The summed E-state index contributed by atoms with van der Waals surface area (Å²) in [5.74, 6) is 2.00. The van der Waals surface area contributed by atoms with Gasteiger partial charge in [0.15, 0.2) is 0 Å². The van der Waals surface area contributed by atoms with Crippen molar-refractivity contribution in [1.29, 1.82) is 0 Å². The molecular weight excluding hydrogens is 170 g/mol. The molecule has 0 amide bonds. The molecule has 0 radical (unpaired) electrons. The highest BCUT2D eigenvalue weighted by Gasteiger charge is 2.28. The van der Waals surface area contributed by atoms with Gasteiger partial charge in [-0.05, 0) is 45.2 Å². The van der Waals surface area contributed by atoms with Crippen LogP contribution in [0.2, 0.25) is 0 Å². The largest absolute Gasteiger partial charge is 0.306 e. The molecule has 1 heteroatoms. The summed E-state index contributed by atoms with van der Waals surface area (Å²) in [4.78, 5) is 2.44. The lowest BCUT2D eigenvalue weighted by Gasteiger charge is -2.38. The molecule has 0 aromatic rings. The first kappa shape index (κ1) is 12.0. The van der Waals surface area contributed by atoms with Crippen LogP contribution in [0.4, 0.5) is 0 Å². The third-order valence-electron chi connectivity index (χ3n) is 3.88. The molecule has 0 spiro atoms. The lowest BCUT2D eigenvalue weighted by Crippen LogP contribution is -2.36. The molecule has 1 nitrogen and oxygen atoms in total. The van der Waals surface area contributed by atoms with Crippen LogP contribution in [-0.2, 0) is 0 Å². The molecule has 0 aromatic heterocycles. The summed E-state index contributed by atoms with van der Waals surface area (Å²) < 4.78 is 0. The third kappa shape index (κ3) is 3.27. The van der Waals surface area contributed by atoms with E-state index < -0.39 is 0 Å². The van der Waals surface area contributed by atoms with Gasteiger partial charge in [-0.15, -0.1) is 0 Å². The van der Waals surface area contributed by atoms with Gasteiger partial charge < -0.3 is 4.90 Å². The Kier molecular flexibility index (Phi) is 4.94. The normalized spacial score (nSPS) is 33.6. The van der Waals surface area contributed by atoms with Gasteiger partial charge >= 0.3 is 0 Å². The molecule has 3 atom stereocenters. The first-order valence-corrected chi connectivity index (χ1v) is 6.33. The molecule has 0 aliphatic heterocycles. The Labute approximate surface area is 89.9 Å². The number of nitrogens with zero attached hydrogens (tertiary/aromatic N) is 1. The molecule has 0 N–H and O–H groups in total. The molecule has 14 heavy (non-hydrogen) atoms. The molecule has 1 rings (SSSR count). The van der Waals surface area contributed by atoms with Crippen molar-refractivity contribution in [2.24, 2.45) is 11.8 Å². The maximum atomic E-state index is 2.44. The van der Waals surface area contributed by atoms with E-state index in [1.54, 1.807) is 0 Å². The van der Waals surface area contributed by atoms with Crippen LogP contribution in [0.25, 0.3) is 0 Å². The van der Waals surface area contributed by atoms with E-state index in [1.165, 1.54) is 38.5 Å². The Hall–Kier alpha value is -0.0400. The van der Waals surface area contributed by atoms with Gasteiger partial charge in [0, 0.05) is 6.04 Å². The van der Waals surface area contributed by atoms with Crippen LogP contribution < -0.4 is 0 Å². The summed E-state index contributed by atoms with van der Waals surface area (Å²) in [6, 6.07) is 0.852. The van der Waals surface area contributed by atoms with Crippen molar-refractivity contribution in [1.82, 2.24) is 4.90 Å². The predicted octanol–water partition coefficient (Wildman–Crippen LogP) is 3.54. The highest BCUT2D eigenvalue weighted by Crippen LogP contribution is 2.35. The minimum atomic E-state index is 0.852. The smallest absolute Gasteiger partial charge is 0.00944 e. The van der Waals surface area contributed by atoms with E-state index >= 15 is 0 Å². The Balaban J connectivity index is 2.47. The Morgan fingerprint density at radius 1 is 1.00 bits per heavy atom. The average Bonchev–Trinajstić information content (AvgIpc) is 2.17. The summed E-state index contributed by atoms with van der Waals surface area (Å²) in [6.45, 7) is 4.67. The van der Waals surface area contributed by atoms with Crippen molar-refractivity contribution in [3.8, 4) is 0 Å². The zero-order chi connectivity index (χ0) is 10.6. The van der Waals surface area contributed by atoms with E-state index in [9.17, 15) is 0 Å². The molecule has 0 aromatic carbocycles. The topological polar surface area (TPSA) is 3.24 Å². The van der Waals surface area contributed by atoms with Gasteiger partial charge in [0.1, 0.15) is 0 Å². The fourth-order valence-electron chi connectivity index (χ4n) is 2.93. The molecule has 0 heterocycles. The van der Waals surface area contributed by atoms with Crippen LogP contribution in [0.5, 0.6) is 0 Å². The van der Waals surface area contributed by atoms with E-state index in [-0.39, 0.29) is 0 Å². The van der Waals surface area contributed by atoms with E-state index in [1.807, 2.05) is 0 Å². The minimum absolute atomic E-state index is 0.852. The fraction of sp³-hybridized carbons (Fsp3) is 1.00. The highest BCUT2D eigenvalue weighted by molar-refractivity contribution is 4.82. The van der Waals surface area contributed by atoms with E-state index in [4.69, 9.17) is 0 Å². The highest BCUT2D eigenvalue weighted by atomic mass is 15.1. The fourth-order valence-corrected chi connectivity index (χ4v) is 2.93. The summed E-state index contributed by atoms with van der Waals surface area (Å²) >= 11 is 0. The number of rotatable bonds is 4. The van der Waals surface area contributed by atoms with Crippen molar-refractivity contribution < 1.29 is 0 Å². The zero-order valence-corrected chi connectivity index (χ0v) is 10.4. The standard InChI is InChI=1S/C13H27N/c1-5-7-12-8-11(6-2)9-13(10-12)14(3)4/h11-13H,5-10H2,1-4H3. The molecular formula is C13H27N. The van der Waals surface area contributed by atoms with Crippen molar-refractivity contribution in [2.45, 2.75) is 58.4 Å². The third-order valence-corrected chi connectivity index (χ3v) is 3.88. The van der Waals surface area contributed by atoms with E-state index in [0.717, 1.165) is 17.9 Å². The first-order chi connectivity index (χ1) is 6.67. The maximum Gasteiger partial charge on any atom is 0.00944 e. The van der Waals surface area contributed by atoms with Crippen molar-refractivity contribution in [2.75, 3.05) is 14.1 Å². The summed E-state index contributed by atoms with van der Waals surface area (Å²) in [6.07, 6.45) is 8.56. The van der Waals surface area contributed by atoms with Crippen molar-refractivity contribution in [3.05, 3.63) is 0 Å². The van der Waals surface area contributed by atoms with Crippen LogP contribution >= 0.6 is 0 Å². The van der Waals surface area contributed by atoms with Gasteiger partial charge in [-0.1, -0.05) is 33.1 Å². The second-order valence-electron chi connectivity index (χ2n) is 5.25. The van der Waals surface area contributed by atoms with Crippen LogP contribution in [0.3, 0.4) is 0 Å². The Morgan fingerprint density at radius 3 is 2.14 bits per heavy atom. The van der Waals surface area contributed by atoms with Gasteiger partial charge in [-0.25, -0.2) is 0 Å². The van der Waals surface area contributed by atoms with Gasteiger partial charge in [0.2, 0.25) is 0 Å². The molecule has 1 aliphatic rings. The van der Waals surface area contributed by atoms with Crippen LogP contribution in [0.1, 0.15) is 52.4 Å². The monoisotopic (exact) mass is 197 g/mol. The van der Waals surface area contributed by atoms with E-state index in [2.05, 4.69) is 32.8 Å². The van der Waals surface area contributed by atoms with Gasteiger partial charge in [0.05, 0.1) is 0 Å². The molecule has 84 valence electrons. The Morgan fingerprint density at radius 2 is 1.64 bits per heavy atom. The SMILES string of the molecule is CCCC1CC(CC)CC(N(C)C)C1. The van der Waals surface area contributed by atoms with Gasteiger partial charge in [0.25, 0.3) is 0 Å². The maximum absolute atomic E-state index is 2.44. The predicted molar refractivity (Wildman–Crippen MR) is 63.5 cm³/mol. The number of hydrogen-bond donors (Lipinski definition) is 0. The molecule has 1 saturated carbocycles. The van der Waals surface area contributed by atoms with Crippen LogP contribution in [0.15, 0.2) is 0 Å². The van der Waals surface area contributed by atoms with Crippen molar-refractivity contribution in [3.63, 3.8) is 0 Å². The second-order valence-corrected chi connectivity index (χ2v) is 5.25. The van der Waals surface area contributed by atoms with E-state index in [0.29, 0.717) is 0 Å². The lowest BCUT2D eigenvalue weighted by molar-refractivity contribution is 0.133. The zero-order valence-electron chi connectivity index (χ0n) is 10.4. The summed E-state index contributed by atoms with van der Waals surface area (Å²) in [5, 5.41) is 0. The summed E-state index contributed by atoms with van der Waals surface area (Å²) in [7, 11) is 4.48. The van der Waals surface area contributed by atoms with Crippen molar-refractivity contribution >= 4 is 0 Å². The van der Waals surface area contributed by atoms with Crippen LogP contribution in [0, 0.1) is 11.8 Å². The first-order valence-electron chi connectivity index (χ1n) is 6.33. The summed E-state index contributed by atoms with van der Waals surface area (Å²) in [5.41, 5.74) is 0. The lowest BCUT2D eigenvalue weighted by atomic mass is 9.75. The van der Waals surface area contributed by atoms with Crippen LogP contribution in [-0.4, -0.2) is 25.0 Å². The minimum Gasteiger partial charge on any atom is -0.306 e. The average molecular weight is 197 g/mol. The van der Waals surface area contributed by atoms with Gasteiger partial charge in [-0.2, -0.15) is 0 Å². The molecule has 0 bridgehead atoms. The molecule has 3 unspecified atom stereocenters. The molecule has 0 saturated heterocycles. The quantitative estimate of drug-likeness (QED) is 0.666. The molecule has 1 aliphatic carbocycles. The molecule has 1 fully saturated rings.